The van der Waals surface area contributed by atoms with Crippen LogP contribution in [0.25, 0.3) is 16.6 Å². The van der Waals surface area contributed by atoms with Gasteiger partial charge in [-0.15, -0.1) is 0 Å². The Bertz CT molecular complexity index is 1640. The number of aromatic nitrogens is 2. The number of benzene rings is 3. The molecule has 0 amide bonds. The van der Waals surface area contributed by atoms with Crippen LogP contribution >= 0.6 is 23.2 Å². The maximum Gasteiger partial charge on any atom is 0.348 e. The van der Waals surface area contributed by atoms with Gasteiger partial charge in [0.05, 0.1) is 32.2 Å². The van der Waals surface area contributed by atoms with Gasteiger partial charge in [0.15, 0.2) is 0 Å². The van der Waals surface area contributed by atoms with Crippen molar-refractivity contribution in [3.63, 3.8) is 0 Å². The molecule has 0 fully saturated rings. The van der Waals surface area contributed by atoms with Crippen molar-refractivity contribution >= 4 is 46.0 Å². The van der Waals surface area contributed by atoms with Crippen molar-refractivity contribution < 1.29 is 14.3 Å². The average Bonchev–Trinajstić information content (AvgIpc) is 2.88. The zero-order chi connectivity index (χ0) is 27.6. The second-order valence-electron chi connectivity index (χ2n) is 8.65. The number of rotatable bonds is 7. The highest BCUT2D eigenvalue weighted by molar-refractivity contribution is 6.39. The van der Waals surface area contributed by atoms with E-state index in [2.05, 4.69) is 5.32 Å². The summed E-state index contributed by atoms with van der Waals surface area (Å²) in [7, 11) is 3.41. The minimum atomic E-state index is -1.16. The maximum atomic E-state index is 13.3. The van der Waals surface area contributed by atoms with E-state index in [0.29, 0.717) is 28.7 Å². The monoisotopic (exact) mass is 554 g/mol. The van der Waals surface area contributed by atoms with E-state index in [1.54, 1.807) is 49.5 Å². The quantitative estimate of drug-likeness (QED) is 0.265. The van der Waals surface area contributed by atoms with Crippen LogP contribution in [0.4, 0.5) is 0 Å². The molecule has 38 heavy (non-hydrogen) atoms. The Hall–Kier alpha value is -3.76. The van der Waals surface area contributed by atoms with Gasteiger partial charge >= 0.3 is 17.6 Å². The number of carbonyl (C=O) groups is 2. The Labute approximate surface area is 227 Å². The third-order valence-electron chi connectivity index (χ3n) is 6.03. The number of nitrogens with one attached hydrogen (secondary N) is 1. The molecule has 3 N–H and O–H groups in total. The molecule has 1 heterocycles. The van der Waals surface area contributed by atoms with Gasteiger partial charge in [0, 0.05) is 13.6 Å². The Morgan fingerprint density at radius 1 is 1.00 bits per heavy atom. The van der Waals surface area contributed by atoms with Gasteiger partial charge in [0.2, 0.25) is 0 Å². The van der Waals surface area contributed by atoms with Crippen LogP contribution in [0.5, 0.6) is 0 Å². The molecular formula is C27H24Cl2N4O5. The summed E-state index contributed by atoms with van der Waals surface area (Å²) in [5, 5.41) is 3.55. The second-order valence-corrected chi connectivity index (χ2v) is 9.46. The van der Waals surface area contributed by atoms with E-state index in [1.165, 1.54) is 16.7 Å². The summed E-state index contributed by atoms with van der Waals surface area (Å²) in [4.78, 5) is 51.1. The smallest absolute Gasteiger partial charge is 0.348 e. The zero-order valence-electron chi connectivity index (χ0n) is 20.5. The predicted octanol–water partition coefficient (Wildman–Crippen LogP) is 2.97. The molecule has 4 rings (SSSR count). The number of nitrogens with two attached hydrogens (primary N) is 1. The minimum absolute atomic E-state index is 0.0423. The molecule has 1 atom stereocenters. The number of fused-ring (bicyclic) bond motifs is 1. The number of hydrogen-bond acceptors (Lipinski definition) is 7. The van der Waals surface area contributed by atoms with E-state index in [-0.39, 0.29) is 22.0 Å². The Balaban J connectivity index is 1.55. The summed E-state index contributed by atoms with van der Waals surface area (Å²) in [5.74, 6) is -1.95. The molecule has 0 radical (unpaired) electrons. The van der Waals surface area contributed by atoms with Crippen LogP contribution in [0.2, 0.25) is 10.0 Å². The Kier molecular flexibility index (Phi) is 8.13. The Morgan fingerprint density at radius 3 is 2.26 bits per heavy atom. The number of hydrogen-bond donors (Lipinski definition) is 2. The molecule has 0 bridgehead atoms. The average molecular weight is 555 g/mol. The maximum absolute atomic E-state index is 13.3. The van der Waals surface area contributed by atoms with Gasteiger partial charge in [-0.05, 0) is 61.0 Å². The molecule has 4 aromatic rings. The number of nitrogens with zero attached hydrogens (tertiary/aromatic N) is 2. The largest absolute Gasteiger partial charge is 0.388 e. The van der Waals surface area contributed by atoms with E-state index < -0.39 is 29.2 Å². The number of halogens is 2. The standard InChI is InChI=1S/C27H24Cl2N4O5/c1-31-14-16-8-11-22-18(12-16)24(34)33(27(37)32(22)2)17-9-6-15(7-10-17)13-21(30)25(35)38-26(36)23-19(28)4-3-5-20(23)29/h3-12,21,31H,13-14,30H2,1-2H3/t21-/m0/s1. The molecule has 9 nitrogen and oxygen atoms in total. The summed E-state index contributed by atoms with van der Waals surface area (Å²) < 4.78 is 7.38. The third kappa shape index (κ3) is 5.41. The highest BCUT2D eigenvalue weighted by Gasteiger charge is 2.24. The van der Waals surface area contributed by atoms with Crippen LogP contribution in [0, 0.1) is 0 Å². The fourth-order valence-corrected chi connectivity index (χ4v) is 4.63. The summed E-state index contributed by atoms with van der Waals surface area (Å²) in [6.07, 6.45) is 0.0423. The number of carbonyl (C=O) groups excluding carboxylic acids is 2. The summed E-state index contributed by atoms with van der Waals surface area (Å²) in [6, 6.07) is 15.1. The first-order chi connectivity index (χ1) is 18.1. The van der Waals surface area contributed by atoms with Gasteiger partial charge in [-0.25, -0.2) is 19.0 Å². The molecule has 196 valence electrons. The highest BCUT2D eigenvalue weighted by Crippen LogP contribution is 2.25. The van der Waals surface area contributed by atoms with Crippen molar-refractivity contribution in [3.05, 3.63) is 108 Å². The van der Waals surface area contributed by atoms with Crippen LogP contribution < -0.4 is 22.3 Å². The number of aryl methyl sites for hydroxylation is 1. The summed E-state index contributed by atoms with van der Waals surface area (Å²) in [5.41, 5.74) is 7.34. The third-order valence-corrected chi connectivity index (χ3v) is 6.66. The van der Waals surface area contributed by atoms with Crippen molar-refractivity contribution in [2.24, 2.45) is 12.8 Å². The molecule has 0 aliphatic rings. The minimum Gasteiger partial charge on any atom is -0.388 e. The van der Waals surface area contributed by atoms with Crippen molar-refractivity contribution in [1.82, 2.24) is 14.5 Å². The van der Waals surface area contributed by atoms with Crippen LogP contribution in [-0.4, -0.2) is 34.2 Å². The SMILES string of the molecule is CNCc1ccc2c(c1)c(=O)n(-c1ccc(C[C@H](N)C(=O)OC(=O)c3c(Cl)cccc3Cl)cc1)c(=O)n2C. The fourth-order valence-electron chi connectivity index (χ4n) is 4.08. The molecule has 0 aliphatic heterocycles. The van der Waals surface area contributed by atoms with Crippen molar-refractivity contribution in [3.8, 4) is 5.69 Å². The van der Waals surface area contributed by atoms with E-state index in [0.717, 1.165) is 10.1 Å². The van der Waals surface area contributed by atoms with E-state index in [4.69, 9.17) is 33.7 Å². The van der Waals surface area contributed by atoms with E-state index in [9.17, 15) is 19.2 Å². The van der Waals surface area contributed by atoms with Gasteiger partial charge in [0.1, 0.15) is 6.04 Å². The van der Waals surface area contributed by atoms with Gasteiger partial charge in [-0.2, -0.15) is 0 Å². The molecule has 11 heteroatoms. The van der Waals surface area contributed by atoms with E-state index >= 15 is 0 Å². The van der Waals surface area contributed by atoms with Gasteiger partial charge in [-0.1, -0.05) is 47.5 Å². The van der Waals surface area contributed by atoms with Crippen molar-refractivity contribution in [2.45, 2.75) is 19.0 Å². The van der Waals surface area contributed by atoms with Crippen LogP contribution in [0.15, 0.2) is 70.3 Å². The van der Waals surface area contributed by atoms with Gasteiger partial charge in [0.25, 0.3) is 5.56 Å². The molecule has 0 saturated carbocycles. The number of ether oxygens (including phenoxy) is 1. The molecule has 3 aromatic carbocycles. The number of esters is 2. The van der Waals surface area contributed by atoms with Gasteiger partial charge in [-0.3, -0.25) is 9.36 Å². The van der Waals surface area contributed by atoms with Crippen molar-refractivity contribution in [1.29, 1.82) is 0 Å². The van der Waals surface area contributed by atoms with E-state index in [1.807, 2.05) is 13.1 Å². The Morgan fingerprint density at radius 2 is 1.63 bits per heavy atom. The van der Waals surface area contributed by atoms with Crippen LogP contribution in [0.1, 0.15) is 21.5 Å². The molecular weight excluding hydrogens is 531 g/mol. The molecule has 0 aliphatic carbocycles. The first-order valence-corrected chi connectivity index (χ1v) is 12.3. The van der Waals surface area contributed by atoms with Crippen LogP contribution in [0.3, 0.4) is 0 Å². The lowest BCUT2D eigenvalue weighted by Gasteiger charge is -2.14. The summed E-state index contributed by atoms with van der Waals surface area (Å²) >= 11 is 12.0. The highest BCUT2D eigenvalue weighted by atomic mass is 35.5. The molecule has 1 aromatic heterocycles. The lowest BCUT2D eigenvalue weighted by Crippen LogP contribution is -2.38. The first-order valence-electron chi connectivity index (χ1n) is 11.6. The van der Waals surface area contributed by atoms with Crippen molar-refractivity contribution in [2.75, 3.05) is 7.05 Å². The zero-order valence-corrected chi connectivity index (χ0v) is 22.0. The van der Waals surface area contributed by atoms with Crippen LogP contribution in [-0.2, 0) is 29.5 Å². The predicted molar refractivity (Wildman–Crippen MR) is 146 cm³/mol. The molecule has 0 unspecified atom stereocenters. The fraction of sp³-hybridized carbons (Fsp3) is 0.185. The second kappa shape index (κ2) is 11.3. The topological polar surface area (TPSA) is 125 Å². The lowest BCUT2D eigenvalue weighted by molar-refractivity contribution is -0.139. The molecule has 0 saturated heterocycles. The molecule has 0 spiro atoms. The first kappa shape index (κ1) is 27.3. The lowest BCUT2D eigenvalue weighted by atomic mass is 10.1. The van der Waals surface area contributed by atoms with Gasteiger partial charge < -0.3 is 15.8 Å². The normalized spacial score (nSPS) is 11.9. The summed E-state index contributed by atoms with van der Waals surface area (Å²) in [6.45, 7) is 0.576.